The first-order valence-corrected chi connectivity index (χ1v) is 5.55. The Labute approximate surface area is 94.3 Å². The van der Waals surface area contributed by atoms with Crippen LogP contribution in [0.4, 0.5) is 0 Å². The van der Waals surface area contributed by atoms with Gasteiger partial charge in [0.25, 0.3) is 0 Å². The molecule has 0 radical (unpaired) electrons. The van der Waals surface area contributed by atoms with Crippen molar-refractivity contribution < 1.29 is 4.42 Å². The third-order valence-corrected chi connectivity index (χ3v) is 3.34. The molecule has 0 saturated carbocycles. The average molecular weight is 217 g/mol. The molecule has 1 aliphatic rings. The van der Waals surface area contributed by atoms with E-state index >= 15 is 0 Å². The van der Waals surface area contributed by atoms with Crippen LogP contribution in [0, 0.1) is 6.92 Å². The zero-order chi connectivity index (χ0) is 11.1. The van der Waals surface area contributed by atoms with Crippen molar-refractivity contribution in [1.82, 2.24) is 14.9 Å². The molecule has 1 unspecified atom stereocenters. The lowest BCUT2D eigenvalue weighted by atomic mass is 9.99. The highest BCUT2D eigenvalue weighted by Gasteiger charge is 2.25. The molecule has 3 heterocycles. The van der Waals surface area contributed by atoms with Crippen molar-refractivity contribution in [2.75, 3.05) is 6.54 Å². The van der Waals surface area contributed by atoms with E-state index in [0.717, 1.165) is 24.6 Å². The molecule has 0 amide bonds. The van der Waals surface area contributed by atoms with Crippen LogP contribution in [0.25, 0.3) is 0 Å². The van der Waals surface area contributed by atoms with Crippen molar-refractivity contribution in [3.05, 3.63) is 41.4 Å². The van der Waals surface area contributed by atoms with Gasteiger partial charge in [-0.15, -0.1) is 0 Å². The highest BCUT2D eigenvalue weighted by molar-refractivity contribution is 5.32. The summed E-state index contributed by atoms with van der Waals surface area (Å²) in [7, 11) is 2.05. The number of aryl methyl sites for hydroxylation is 1. The molecule has 3 rings (SSSR count). The van der Waals surface area contributed by atoms with Gasteiger partial charge in [-0.1, -0.05) is 0 Å². The summed E-state index contributed by atoms with van der Waals surface area (Å²) in [6.07, 6.45) is 4.68. The Kier molecular flexibility index (Phi) is 2.11. The molecule has 4 heteroatoms. The minimum atomic E-state index is 0.216. The highest BCUT2D eigenvalue weighted by Crippen LogP contribution is 2.29. The summed E-state index contributed by atoms with van der Waals surface area (Å²) in [6, 6.07) is 2.27. The lowest BCUT2D eigenvalue weighted by molar-refractivity contribution is 0.449. The number of hydrogen-bond acceptors (Lipinski definition) is 3. The van der Waals surface area contributed by atoms with Crippen LogP contribution in [0.5, 0.6) is 0 Å². The first-order chi connectivity index (χ1) is 7.77. The maximum atomic E-state index is 5.48. The van der Waals surface area contributed by atoms with Gasteiger partial charge in [-0.25, -0.2) is 4.98 Å². The minimum Gasteiger partial charge on any atom is -0.469 e. The van der Waals surface area contributed by atoms with E-state index in [9.17, 15) is 0 Å². The Morgan fingerprint density at radius 1 is 1.56 bits per heavy atom. The van der Waals surface area contributed by atoms with Crippen LogP contribution < -0.4 is 5.32 Å². The van der Waals surface area contributed by atoms with Crippen molar-refractivity contribution in [2.45, 2.75) is 19.4 Å². The number of nitrogens with one attached hydrogen (secondary N) is 1. The van der Waals surface area contributed by atoms with Gasteiger partial charge in [-0.05, 0) is 13.0 Å². The van der Waals surface area contributed by atoms with E-state index < -0.39 is 0 Å². The van der Waals surface area contributed by atoms with E-state index in [0.29, 0.717) is 0 Å². The molecule has 0 fully saturated rings. The summed E-state index contributed by atoms with van der Waals surface area (Å²) < 4.78 is 7.61. The highest BCUT2D eigenvalue weighted by atomic mass is 16.3. The molecule has 1 N–H and O–H groups in total. The molecule has 16 heavy (non-hydrogen) atoms. The summed E-state index contributed by atoms with van der Waals surface area (Å²) in [6.45, 7) is 2.97. The smallest absolute Gasteiger partial charge is 0.110 e. The Balaban J connectivity index is 2.07. The zero-order valence-electron chi connectivity index (χ0n) is 9.53. The molecule has 0 bridgehead atoms. The Morgan fingerprint density at radius 2 is 2.44 bits per heavy atom. The molecule has 4 nitrogen and oxygen atoms in total. The minimum absolute atomic E-state index is 0.216. The van der Waals surface area contributed by atoms with Gasteiger partial charge in [0.15, 0.2) is 0 Å². The van der Waals surface area contributed by atoms with Crippen LogP contribution in [0.2, 0.25) is 0 Å². The first-order valence-electron chi connectivity index (χ1n) is 5.55. The number of furan rings is 1. The predicted molar refractivity (Wildman–Crippen MR) is 60.2 cm³/mol. The third kappa shape index (κ3) is 1.30. The van der Waals surface area contributed by atoms with Crippen LogP contribution in [-0.4, -0.2) is 16.1 Å². The second-order valence-corrected chi connectivity index (χ2v) is 4.23. The molecule has 0 spiro atoms. The van der Waals surface area contributed by atoms with Crippen LogP contribution in [-0.2, 0) is 13.5 Å². The fourth-order valence-corrected chi connectivity index (χ4v) is 2.30. The van der Waals surface area contributed by atoms with E-state index in [4.69, 9.17) is 4.42 Å². The molecule has 1 aliphatic heterocycles. The lowest BCUT2D eigenvalue weighted by Crippen LogP contribution is -2.31. The van der Waals surface area contributed by atoms with E-state index in [1.54, 1.807) is 6.26 Å². The summed E-state index contributed by atoms with van der Waals surface area (Å²) in [4.78, 5) is 4.34. The van der Waals surface area contributed by atoms with Gasteiger partial charge in [0.2, 0.25) is 0 Å². The Morgan fingerprint density at radius 3 is 3.19 bits per heavy atom. The van der Waals surface area contributed by atoms with E-state index in [1.165, 1.54) is 11.3 Å². The number of aromatic nitrogens is 2. The number of imidazole rings is 1. The number of hydrogen-bond donors (Lipinski definition) is 1. The van der Waals surface area contributed by atoms with Crippen LogP contribution in [0.3, 0.4) is 0 Å². The molecule has 1 atom stereocenters. The van der Waals surface area contributed by atoms with Gasteiger partial charge < -0.3 is 14.3 Å². The molecule has 0 aliphatic carbocycles. The maximum absolute atomic E-state index is 5.48. The van der Waals surface area contributed by atoms with Crippen LogP contribution in [0.1, 0.15) is 28.9 Å². The number of rotatable bonds is 1. The number of fused-ring (bicyclic) bond motifs is 1. The van der Waals surface area contributed by atoms with E-state index in [-0.39, 0.29) is 6.04 Å². The average Bonchev–Trinajstić information content (AvgIpc) is 2.87. The fraction of sp³-hybridized carbons (Fsp3) is 0.417. The van der Waals surface area contributed by atoms with Gasteiger partial charge in [-0.2, -0.15) is 0 Å². The van der Waals surface area contributed by atoms with Crippen LogP contribution in [0.15, 0.2) is 22.9 Å². The quantitative estimate of drug-likeness (QED) is 0.788. The standard InChI is InChI=1S/C12H15N3O/c1-8-14-7-10(15(8)2)12-9-4-6-16-11(9)3-5-13-12/h4,6-7,12-13H,3,5H2,1-2H3. The number of nitrogens with zero attached hydrogens (tertiary/aromatic N) is 2. The van der Waals surface area contributed by atoms with Crippen molar-refractivity contribution in [3.63, 3.8) is 0 Å². The van der Waals surface area contributed by atoms with Gasteiger partial charge in [-0.3, -0.25) is 0 Å². The van der Waals surface area contributed by atoms with Gasteiger partial charge in [0.05, 0.1) is 24.2 Å². The summed E-state index contributed by atoms with van der Waals surface area (Å²) in [5.41, 5.74) is 2.44. The molecular weight excluding hydrogens is 202 g/mol. The normalized spacial score (nSPS) is 19.8. The van der Waals surface area contributed by atoms with Gasteiger partial charge in [0, 0.05) is 25.6 Å². The molecule has 84 valence electrons. The first kappa shape index (κ1) is 9.66. The van der Waals surface area contributed by atoms with E-state index in [2.05, 4.69) is 20.9 Å². The summed E-state index contributed by atoms with van der Waals surface area (Å²) >= 11 is 0. The monoisotopic (exact) mass is 217 g/mol. The summed E-state index contributed by atoms with van der Waals surface area (Å²) in [5.74, 6) is 2.13. The lowest BCUT2D eigenvalue weighted by Gasteiger charge is -2.23. The van der Waals surface area contributed by atoms with Crippen molar-refractivity contribution in [1.29, 1.82) is 0 Å². The molecule has 0 saturated heterocycles. The Hall–Kier alpha value is -1.55. The fourth-order valence-electron chi connectivity index (χ4n) is 2.30. The van der Waals surface area contributed by atoms with Gasteiger partial charge in [0.1, 0.15) is 11.6 Å². The SMILES string of the molecule is Cc1ncc(C2NCCc3occc32)n1C. The van der Waals surface area contributed by atoms with Gasteiger partial charge >= 0.3 is 0 Å². The summed E-state index contributed by atoms with van der Waals surface area (Å²) in [5, 5.41) is 3.51. The van der Waals surface area contributed by atoms with Crippen molar-refractivity contribution in [3.8, 4) is 0 Å². The molecular formula is C12H15N3O. The second kappa shape index (κ2) is 3.49. The maximum Gasteiger partial charge on any atom is 0.110 e. The largest absolute Gasteiger partial charge is 0.469 e. The third-order valence-electron chi connectivity index (χ3n) is 3.34. The molecule has 0 aromatic carbocycles. The zero-order valence-corrected chi connectivity index (χ0v) is 9.53. The molecule has 2 aromatic heterocycles. The van der Waals surface area contributed by atoms with Crippen molar-refractivity contribution >= 4 is 0 Å². The van der Waals surface area contributed by atoms with E-state index in [1.807, 2.05) is 20.2 Å². The topological polar surface area (TPSA) is 43.0 Å². The van der Waals surface area contributed by atoms with Crippen molar-refractivity contribution in [2.24, 2.45) is 7.05 Å². The molecule has 2 aromatic rings. The Bertz CT molecular complexity index is 512. The predicted octanol–water partition coefficient (Wildman–Crippen LogP) is 1.56. The van der Waals surface area contributed by atoms with Crippen LogP contribution >= 0.6 is 0 Å². The second-order valence-electron chi connectivity index (χ2n) is 4.23.